The van der Waals surface area contributed by atoms with E-state index in [1.807, 2.05) is 28.8 Å². The van der Waals surface area contributed by atoms with Crippen molar-refractivity contribution in [3.8, 4) is 11.1 Å². The lowest BCUT2D eigenvalue weighted by atomic mass is 9.76. The first-order valence-electron chi connectivity index (χ1n) is 10.6. The molecule has 0 amide bonds. The zero-order chi connectivity index (χ0) is 22.3. The molecule has 1 saturated carbocycles. The van der Waals surface area contributed by atoms with Crippen LogP contribution in [0.3, 0.4) is 0 Å². The third-order valence-electron chi connectivity index (χ3n) is 6.52. The van der Waals surface area contributed by atoms with Crippen molar-refractivity contribution in [1.82, 2.24) is 19.5 Å². The van der Waals surface area contributed by atoms with Gasteiger partial charge in [-0.15, -0.1) is 4.99 Å². The average Bonchev–Trinajstić information content (AvgIpc) is 3.51. The van der Waals surface area contributed by atoms with Crippen molar-refractivity contribution in [2.75, 3.05) is 18.9 Å². The maximum absolute atomic E-state index is 8.87. The maximum Gasteiger partial charge on any atom is 0.384 e. The highest BCUT2D eigenvalue weighted by molar-refractivity contribution is 6.04. The van der Waals surface area contributed by atoms with E-state index in [4.69, 9.17) is 21.0 Å². The molecule has 9 nitrogen and oxygen atoms in total. The second-order valence-electron chi connectivity index (χ2n) is 8.57. The Morgan fingerprint density at radius 3 is 2.44 bits per heavy atom. The number of nitrogens with one attached hydrogen (secondary N) is 1. The summed E-state index contributed by atoms with van der Waals surface area (Å²) in [6, 6.07) is 8.27. The number of imidazole rings is 1. The van der Waals surface area contributed by atoms with Crippen molar-refractivity contribution < 1.29 is 9.84 Å². The van der Waals surface area contributed by atoms with Gasteiger partial charge in [0, 0.05) is 18.0 Å². The fraction of sp³-hybridized carbons (Fsp3) is 0.348. The predicted octanol–water partition coefficient (Wildman–Crippen LogP) is 2.31. The second kappa shape index (κ2) is 7.83. The SMILES string of the molecule is CC(C(=N)N=C([OH2+])c1cncn1C1COC1)(c1ccc(-c2cnc(N)nc2)cc1)C1CC1. The van der Waals surface area contributed by atoms with Crippen LogP contribution in [-0.2, 0) is 10.2 Å². The third kappa shape index (κ3) is 3.54. The zero-order valence-electron chi connectivity index (χ0n) is 17.8. The van der Waals surface area contributed by atoms with Gasteiger partial charge in [0.15, 0.2) is 5.69 Å². The van der Waals surface area contributed by atoms with Crippen LogP contribution in [0.5, 0.6) is 0 Å². The quantitative estimate of drug-likeness (QED) is 0.350. The van der Waals surface area contributed by atoms with E-state index < -0.39 is 5.41 Å². The van der Waals surface area contributed by atoms with E-state index in [1.165, 1.54) is 0 Å². The summed E-state index contributed by atoms with van der Waals surface area (Å²) in [5, 5.41) is 17.4. The summed E-state index contributed by atoms with van der Waals surface area (Å²) < 4.78 is 7.18. The van der Waals surface area contributed by atoms with E-state index >= 15 is 0 Å². The molecule has 3 aromatic rings. The van der Waals surface area contributed by atoms with Crippen molar-refractivity contribution in [3.05, 3.63) is 60.4 Å². The van der Waals surface area contributed by atoms with Gasteiger partial charge in [-0.1, -0.05) is 24.3 Å². The van der Waals surface area contributed by atoms with E-state index in [2.05, 4.69) is 26.9 Å². The van der Waals surface area contributed by atoms with Crippen LogP contribution in [0.1, 0.15) is 37.1 Å². The molecule has 5 N–H and O–H groups in total. The average molecular weight is 433 g/mol. The lowest BCUT2D eigenvalue weighted by molar-refractivity contribution is -0.0237. The first kappa shape index (κ1) is 20.3. The minimum Gasteiger partial charge on any atom is -0.577 e. The molecule has 164 valence electrons. The third-order valence-corrected chi connectivity index (χ3v) is 6.52. The molecule has 9 heteroatoms. The normalized spacial score (nSPS) is 18.7. The van der Waals surface area contributed by atoms with Crippen molar-refractivity contribution in [1.29, 1.82) is 5.41 Å². The van der Waals surface area contributed by atoms with Gasteiger partial charge in [-0.2, -0.15) is 0 Å². The Labute approximate surface area is 185 Å². The molecule has 1 aliphatic heterocycles. The topological polar surface area (TPSA) is 138 Å². The molecule has 2 aromatic heterocycles. The standard InChI is InChI=1S/C23H25N7O2/c1-23(17-6-7-17,16-4-2-14(3-5-16)15-8-27-22(25)28-9-15)21(24)29-20(31)19-10-26-13-30(19)18-11-32-12-18/h2-5,8-10,13,17-18H,6-7,11-12H2,1H3,(H2,24,29,31)(H2,25,27,28)/p+1. The zero-order valence-corrected chi connectivity index (χ0v) is 17.8. The van der Waals surface area contributed by atoms with E-state index in [1.54, 1.807) is 24.9 Å². The van der Waals surface area contributed by atoms with Crippen LogP contribution in [0.15, 0.2) is 54.2 Å². The molecular formula is C23H26N7O2+. The van der Waals surface area contributed by atoms with E-state index in [0.29, 0.717) is 24.8 Å². The summed E-state index contributed by atoms with van der Waals surface area (Å²) in [6.45, 7) is 3.28. The Hall–Kier alpha value is -3.59. The first-order valence-corrected chi connectivity index (χ1v) is 10.6. The fourth-order valence-corrected chi connectivity index (χ4v) is 4.17. The molecule has 2 fully saturated rings. The summed E-state index contributed by atoms with van der Waals surface area (Å²) >= 11 is 0. The minimum absolute atomic E-state index is 0.0573. The second-order valence-corrected chi connectivity index (χ2v) is 8.57. The van der Waals surface area contributed by atoms with Gasteiger partial charge < -0.3 is 20.1 Å². The number of aliphatic imine (C=N–C) groups is 1. The van der Waals surface area contributed by atoms with E-state index in [9.17, 15) is 0 Å². The van der Waals surface area contributed by atoms with Gasteiger partial charge in [0.2, 0.25) is 5.95 Å². The Bertz CT molecular complexity index is 1160. The summed E-state index contributed by atoms with van der Waals surface area (Å²) in [6.07, 6.45) is 8.84. The molecule has 0 bridgehead atoms. The number of anilines is 1. The maximum atomic E-state index is 8.87. The number of hydrogen-bond acceptors (Lipinski definition) is 6. The predicted molar refractivity (Wildman–Crippen MR) is 122 cm³/mol. The molecule has 1 saturated heterocycles. The van der Waals surface area contributed by atoms with Gasteiger partial charge in [0.1, 0.15) is 5.84 Å². The molecule has 1 aromatic carbocycles. The highest BCUT2D eigenvalue weighted by Crippen LogP contribution is 2.48. The number of nitrogens with zero attached hydrogens (tertiary/aromatic N) is 5. The van der Waals surface area contributed by atoms with Crippen molar-refractivity contribution in [3.63, 3.8) is 0 Å². The summed E-state index contributed by atoms with van der Waals surface area (Å²) in [5.74, 6) is 0.839. The number of rotatable bonds is 6. The number of nitrogens with two attached hydrogens (primary N) is 1. The van der Waals surface area contributed by atoms with Crippen molar-refractivity contribution in [2.45, 2.75) is 31.2 Å². The molecule has 0 radical (unpaired) electrons. The Morgan fingerprint density at radius 1 is 1.16 bits per heavy atom. The Morgan fingerprint density at radius 2 is 1.84 bits per heavy atom. The molecule has 3 heterocycles. The molecule has 1 unspecified atom stereocenters. The number of aromatic nitrogens is 4. The van der Waals surface area contributed by atoms with Gasteiger partial charge in [-0.25, -0.2) is 15.0 Å². The lowest BCUT2D eigenvalue weighted by Gasteiger charge is -2.29. The molecule has 1 aliphatic carbocycles. The Kier molecular flexibility index (Phi) is 4.97. The van der Waals surface area contributed by atoms with E-state index in [-0.39, 0.29) is 23.7 Å². The van der Waals surface area contributed by atoms with Crippen LogP contribution in [0.4, 0.5) is 5.95 Å². The summed E-state index contributed by atoms with van der Waals surface area (Å²) in [4.78, 5) is 16.8. The van der Waals surface area contributed by atoms with E-state index in [0.717, 1.165) is 29.5 Å². The molecule has 0 spiro atoms. The van der Waals surface area contributed by atoms with Crippen LogP contribution in [0, 0.1) is 11.3 Å². The largest absolute Gasteiger partial charge is 0.577 e. The van der Waals surface area contributed by atoms with Crippen molar-refractivity contribution in [2.24, 2.45) is 10.9 Å². The minimum atomic E-state index is -0.563. The first-order chi connectivity index (χ1) is 15.5. The van der Waals surface area contributed by atoms with Gasteiger partial charge in [-0.3, -0.25) is 5.41 Å². The van der Waals surface area contributed by atoms with Crippen molar-refractivity contribution >= 4 is 17.7 Å². The van der Waals surface area contributed by atoms with Crippen LogP contribution in [-0.4, -0.2) is 49.6 Å². The summed E-state index contributed by atoms with van der Waals surface area (Å²) in [5.41, 5.74) is 8.51. The van der Waals surface area contributed by atoms with Gasteiger partial charge in [0.25, 0.3) is 0 Å². The van der Waals surface area contributed by atoms with Crippen LogP contribution < -0.4 is 5.73 Å². The summed E-state index contributed by atoms with van der Waals surface area (Å²) in [7, 11) is 0. The molecule has 32 heavy (non-hydrogen) atoms. The van der Waals surface area contributed by atoms with Gasteiger partial charge in [0.05, 0.1) is 37.2 Å². The van der Waals surface area contributed by atoms with Crippen LogP contribution in [0.25, 0.3) is 11.1 Å². The molecule has 1 atom stereocenters. The highest BCUT2D eigenvalue weighted by Gasteiger charge is 2.47. The number of amidine groups is 1. The number of benzene rings is 1. The number of ether oxygens (including phenoxy) is 1. The fourth-order valence-electron chi connectivity index (χ4n) is 4.17. The van der Waals surface area contributed by atoms with Gasteiger partial charge in [-0.05, 0) is 36.8 Å². The number of nitrogen functional groups attached to an aromatic ring is 1. The molecular weight excluding hydrogens is 406 g/mol. The highest BCUT2D eigenvalue weighted by atomic mass is 16.5. The van der Waals surface area contributed by atoms with Crippen LogP contribution in [0.2, 0.25) is 0 Å². The monoisotopic (exact) mass is 432 g/mol. The van der Waals surface area contributed by atoms with Gasteiger partial charge >= 0.3 is 5.90 Å². The smallest absolute Gasteiger partial charge is 0.384 e. The van der Waals surface area contributed by atoms with Crippen LogP contribution >= 0.6 is 0 Å². The Balaban J connectivity index is 1.43. The molecule has 2 aliphatic rings. The lowest BCUT2D eigenvalue weighted by Crippen LogP contribution is -2.35. The molecule has 5 rings (SSSR count). The number of hydrogen-bond donors (Lipinski definition) is 2.